The van der Waals surface area contributed by atoms with E-state index in [1.54, 1.807) is 6.26 Å². The fraction of sp³-hybridized carbons (Fsp3) is 0.583. The van der Waals surface area contributed by atoms with Crippen molar-refractivity contribution < 1.29 is 14.3 Å². The van der Waals surface area contributed by atoms with Gasteiger partial charge in [-0.2, -0.15) is 0 Å². The molecule has 0 spiro atoms. The highest BCUT2D eigenvalue weighted by Gasteiger charge is 2.29. The van der Waals surface area contributed by atoms with Crippen LogP contribution in [0.1, 0.15) is 31.6 Å². The van der Waals surface area contributed by atoms with Gasteiger partial charge in [0, 0.05) is 6.54 Å². The van der Waals surface area contributed by atoms with Crippen LogP contribution >= 0.6 is 0 Å². The maximum Gasteiger partial charge on any atom is 0.307 e. The molecule has 2 heterocycles. The lowest BCUT2D eigenvalue weighted by Crippen LogP contribution is -2.39. The number of carbonyl (C=O) groups is 1. The van der Waals surface area contributed by atoms with Crippen molar-refractivity contribution in [3.8, 4) is 0 Å². The first kappa shape index (κ1) is 11.2. The minimum absolute atomic E-state index is 0.164. The molecule has 1 aliphatic heterocycles. The fourth-order valence-electron chi connectivity index (χ4n) is 2.27. The zero-order chi connectivity index (χ0) is 11.5. The molecule has 0 unspecified atom stereocenters. The molecule has 4 nitrogen and oxygen atoms in total. The van der Waals surface area contributed by atoms with Crippen molar-refractivity contribution in [2.24, 2.45) is 5.92 Å². The number of furan rings is 1. The minimum Gasteiger partial charge on any atom is -0.481 e. The SMILES string of the molecule is C[C@H](c1ccco1)N1CCC[C@H](C(=O)O)C1. The van der Waals surface area contributed by atoms with Crippen LogP contribution in [0.5, 0.6) is 0 Å². The summed E-state index contributed by atoms with van der Waals surface area (Å²) in [6.07, 6.45) is 3.39. The summed E-state index contributed by atoms with van der Waals surface area (Å²) < 4.78 is 5.36. The number of likely N-dealkylation sites (tertiary alicyclic amines) is 1. The first-order valence-corrected chi connectivity index (χ1v) is 5.68. The monoisotopic (exact) mass is 223 g/mol. The van der Waals surface area contributed by atoms with Gasteiger partial charge >= 0.3 is 5.97 Å². The third kappa shape index (κ3) is 2.27. The topological polar surface area (TPSA) is 53.7 Å². The number of piperidine rings is 1. The average molecular weight is 223 g/mol. The standard InChI is InChI=1S/C12H17NO3/c1-9(11-5-3-7-16-11)13-6-2-4-10(8-13)12(14)15/h3,5,7,9-10H,2,4,6,8H2,1H3,(H,14,15)/t9-,10+/m1/s1. The van der Waals surface area contributed by atoms with Crippen LogP contribution in [-0.2, 0) is 4.79 Å². The molecule has 1 fully saturated rings. The second-order valence-corrected chi connectivity index (χ2v) is 4.36. The van der Waals surface area contributed by atoms with Crippen LogP contribution in [0, 0.1) is 5.92 Å². The summed E-state index contributed by atoms with van der Waals surface area (Å²) >= 11 is 0. The molecule has 0 aliphatic carbocycles. The van der Waals surface area contributed by atoms with Crippen LogP contribution in [0.4, 0.5) is 0 Å². The molecule has 4 heteroatoms. The summed E-state index contributed by atoms with van der Waals surface area (Å²) in [6.45, 7) is 3.63. The van der Waals surface area contributed by atoms with Crippen LogP contribution in [0.2, 0.25) is 0 Å². The van der Waals surface area contributed by atoms with Gasteiger partial charge in [0.25, 0.3) is 0 Å². The highest BCUT2D eigenvalue weighted by molar-refractivity contribution is 5.70. The van der Waals surface area contributed by atoms with Crippen LogP contribution in [0.15, 0.2) is 22.8 Å². The molecule has 1 aromatic heterocycles. The highest BCUT2D eigenvalue weighted by Crippen LogP contribution is 2.26. The van der Waals surface area contributed by atoms with Crippen molar-refractivity contribution in [3.05, 3.63) is 24.2 Å². The van der Waals surface area contributed by atoms with E-state index in [0.29, 0.717) is 6.54 Å². The smallest absolute Gasteiger partial charge is 0.307 e. The predicted octanol–water partition coefficient (Wildman–Crippen LogP) is 2.14. The van der Waals surface area contributed by atoms with E-state index in [9.17, 15) is 4.79 Å². The third-order valence-corrected chi connectivity index (χ3v) is 3.30. The van der Waals surface area contributed by atoms with Gasteiger partial charge in [0.05, 0.1) is 18.2 Å². The van der Waals surface area contributed by atoms with E-state index >= 15 is 0 Å². The van der Waals surface area contributed by atoms with Gasteiger partial charge in [-0.3, -0.25) is 9.69 Å². The zero-order valence-corrected chi connectivity index (χ0v) is 9.43. The largest absolute Gasteiger partial charge is 0.481 e. The number of hydrogen-bond acceptors (Lipinski definition) is 3. The van der Waals surface area contributed by atoms with Crippen molar-refractivity contribution in [2.75, 3.05) is 13.1 Å². The molecule has 2 atom stereocenters. The Bertz CT molecular complexity index is 347. The molecule has 1 aromatic rings. The summed E-state index contributed by atoms with van der Waals surface area (Å²) in [4.78, 5) is 13.1. The van der Waals surface area contributed by atoms with E-state index in [2.05, 4.69) is 11.8 Å². The lowest BCUT2D eigenvalue weighted by Gasteiger charge is -2.34. The van der Waals surface area contributed by atoms with Crippen molar-refractivity contribution in [1.82, 2.24) is 4.90 Å². The van der Waals surface area contributed by atoms with E-state index in [1.165, 1.54) is 0 Å². The highest BCUT2D eigenvalue weighted by atomic mass is 16.4. The Morgan fingerprint density at radius 3 is 3.12 bits per heavy atom. The molecule has 0 saturated carbocycles. The van der Waals surface area contributed by atoms with E-state index < -0.39 is 5.97 Å². The first-order valence-electron chi connectivity index (χ1n) is 5.68. The molecule has 16 heavy (non-hydrogen) atoms. The zero-order valence-electron chi connectivity index (χ0n) is 9.43. The quantitative estimate of drug-likeness (QED) is 0.853. The van der Waals surface area contributed by atoms with Crippen molar-refractivity contribution >= 4 is 5.97 Å². The number of rotatable bonds is 3. The van der Waals surface area contributed by atoms with E-state index in [1.807, 2.05) is 12.1 Å². The van der Waals surface area contributed by atoms with E-state index in [0.717, 1.165) is 25.1 Å². The summed E-state index contributed by atoms with van der Waals surface area (Å²) in [5.74, 6) is -0.00598. The van der Waals surface area contributed by atoms with E-state index in [-0.39, 0.29) is 12.0 Å². The van der Waals surface area contributed by atoms with Crippen molar-refractivity contribution in [2.45, 2.75) is 25.8 Å². The molecule has 0 radical (unpaired) electrons. The van der Waals surface area contributed by atoms with Crippen LogP contribution < -0.4 is 0 Å². The molecule has 0 amide bonds. The molecular weight excluding hydrogens is 206 g/mol. The molecule has 2 rings (SSSR count). The second-order valence-electron chi connectivity index (χ2n) is 4.36. The number of aliphatic carboxylic acids is 1. The summed E-state index contributed by atoms with van der Waals surface area (Å²) in [6, 6.07) is 3.97. The van der Waals surface area contributed by atoms with Gasteiger partial charge in [0.1, 0.15) is 5.76 Å². The first-order chi connectivity index (χ1) is 7.68. The van der Waals surface area contributed by atoms with Gasteiger partial charge in [-0.25, -0.2) is 0 Å². The van der Waals surface area contributed by atoms with Gasteiger partial charge in [-0.15, -0.1) is 0 Å². The molecule has 1 aliphatic rings. The second kappa shape index (κ2) is 4.70. The predicted molar refractivity (Wildman–Crippen MR) is 59.1 cm³/mol. The Morgan fingerprint density at radius 2 is 2.50 bits per heavy atom. The number of carboxylic acid groups (broad SMARTS) is 1. The summed E-state index contributed by atoms with van der Waals surface area (Å²) in [5, 5.41) is 9.02. The molecule has 1 N–H and O–H groups in total. The molecule has 0 aromatic carbocycles. The van der Waals surface area contributed by atoms with Crippen LogP contribution in [-0.4, -0.2) is 29.1 Å². The molecule has 1 saturated heterocycles. The van der Waals surface area contributed by atoms with Crippen molar-refractivity contribution in [1.29, 1.82) is 0 Å². The van der Waals surface area contributed by atoms with Crippen LogP contribution in [0.25, 0.3) is 0 Å². The molecule has 88 valence electrons. The Hall–Kier alpha value is -1.29. The fourth-order valence-corrected chi connectivity index (χ4v) is 2.27. The van der Waals surface area contributed by atoms with Gasteiger partial charge < -0.3 is 9.52 Å². The van der Waals surface area contributed by atoms with Crippen LogP contribution in [0.3, 0.4) is 0 Å². The Kier molecular flexibility index (Phi) is 3.29. The maximum absolute atomic E-state index is 11.0. The minimum atomic E-state index is -0.684. The summed E-state index contributed by atoms with van der Waals surface area (Å²) in [5.41, 5.74) is 0. The normalized spacial score (nSPS) is 24.2. The van der Waals surface area contributed by atoms with E-state index in [4.69, 9.17) is 9.52 Å². The average Bonchev–Trinajstić information content (AvgIpc) is 2.81. The number of carboxylic acids is 1. The Morgan fingerprint density at radius 1 is 1.69 bits per heavy atom. The van der Waals surface area contributed by atoms with Gasteiger partial charge in [0.2, 0.25) is 0 Å². The molecular formula is C12H17NO3. The van der Waals surface area contributed by atoms with Gasteiger partial charge in [-0.05, 0) is 38.4 Å². The Labute approximate surface area is 94.9 Å². The third-order valence-electron chi connectivity index (χ3n) is 3.30. The van der Waals surface area contributed by atoms with Crippen molar-refractivity contribution in [3.63, 3.8) is 0 Å². The maximum atomic E-state index is 11.0. The number of hydrogen-bond donors (Lipinski definition) is 1. The lowest BCUT2D eigenvalue weighted by atomic mass is 9.97. The number of nitrogens with zero attached hydrogens (tertiary/aromatic N) is 1. The Balaban J connectivity index is 2.01. The molecule has 0 bridgehead atoms. The lowest BCUT2D eigenvalue weighted by molar-refractivity contribution is -0.144. The van der Waals surface area contributed by atoms with Gasteiger partial charge in [0.15, 0.2) is 0 Å². The summed E-state index contributed by atoms with van der Waals surface area (Å²) in [7, 11) is 0. The van der Waals surface area contributed by atoms with Gasteiger partial charge in [-0.1, -0.05) is 0 Å².